The van der Waals surface area contributed by atoms with Crippen molar-refractivity contribution in [3.05, 3.63) is 36.5 Å². The fraction of sp³-hybridized carbons (Fsp3) is 0.500. The zero-order valence-electron chi connectivity index (χ0n) is 12.8. The van der Waals surface area contributed by atoms with Crippen molar-refractivity contribution >= 4 is 0 Å². The molecule has 0 amide bonds. The number of hydrogen-bond donors (Lipinski definition) is 1. The van der Waals surface area contributed by atoms with Gasteiger partial charge in [0.25, 0.3) is 0 Å². The molecule has 21 heavy (non-hydrogen) atoms. The minimum atomic E-state index is 0.387. The predicted octanol–water partition coefficient (Wildman–Crippen LogP) is 1.93. The third-order valence-corrected chi connectivity index (χ3v) is 3.92. The van der Waals surface area contributed by atoms with Crippen LogP contribution >= 0.6 is 0 Å². The number of nitrogens with zero attached hydrogens (tertiary/aromatic N) is 4. The zero-order chi connectivity index (χ0) is 14.7. The van der Waals surface area contributed by atoms with E-state index in [1.165, 1.54) is 12.8 Å². The van der Waals surface area contributed by atoms with Gasteiger partial charge in [0.1, 0.15) is 5.82 Å². The third-order valence-electron chi connectivity index (χ3n) is 3.92. The fourth-order valence-electron chi connectivity index (χ4n) is 2.75. The first-order chi connectivity index (χ1) is 10.2. The van der Waals surface area contributed by atoms with Gasteiger partial charge in [0, 0.05) is 37.2 Å². The molecule has 3 rings (SSSR count). The Kier molecular flexibility index (Phi) is 4.31. The monoisotopic (exact) mass is 285 g/mol. The lowest BCUT2D eigenvalue weighted by Gasteiger charge is -2.15. The summed E-state index contributed by atoms with van der Waals surface area (Å²) in [6.45, 7) is 3.07. The maximum Gasteiger partial charge on any atom is 0.126 e. The maximum absolute atomic E-state index is 4.88. The van der Waals surface area contributed by atoms with Crippen molar-refractivity contribution in [1.29, 1.82) is 0 Å². The molecule has 0 saturated carbocycles. The van der Waals surface area contributed by atoms with E-state index in [-0.39, 0.29) is 0 Å². The van der Waals surface area contributed by atoms with Crippen molar-refractivity contribution in [3.63, 3.8) is 0 Å². The summed E-state index contributed by atoms with van der Waals surface area (Å²) in [6.07, 6.45) is 8.24. The second-order valence-corrected chi connectivity index (χ2v) is 5.87. The van der Waals surface area contributed by atoms with Gasteiger partial charge in [-0.15, -0.1) is 0 Å². The van der Waals surface area contributed by atoms with E-state index in [1.54, 1.807) is 6.20 Å². The Morgan fingerprint density at radius 1 is 1.43 bits per heavy atom. The largest absolute Gasteiger partial charge is 0.332 e. The Hall–Kier alpha value is -1.72. The molecule has 5 heteroatoms. The Morgan fingerprint density at radius 2 is 2.33 bits per heavy atom. The van der Waals surface area contributed by atoms with E-state index >= 15 is 0 Å². The molecule has 1 aliphatic heterocycles. The quantitative estimate of drug-likeness (QED) is 0.912. The second kappa shape index (κ2) is 6.37. The molecule has 3 heterocycles. The molecule has 1 fully saturated rings. The molecule has 1 aliphatic rings. The average Bonchev–Trinajstić information content (AvgIpc) is 3.15. The molecule has 0 aliphatic carbocycles. The van der Waals surface area contributed by atoms with Crippen LogP contribution in [0.4, 0.5) is 0 Å². The molecule has 2 aromatic rings. The molecule has 1 atom stereocenters. The molecule has 5 nitrogen and oxygen atoms in total. The highest BCUT2D eigenvalue weighted by Crippen LogP contribution is 2.26. The van der Waals surface area contributed by atoms with Crippen LogP contribution in [0.25, 0.3) is 11.3 Å². The minimum Gasteiger partial charge on any atom is -0.332 e. The van der Waals surface area contributed by atoms with Gasteiger partial charge in [-0.1, -0.05) is 0 Å². The van der Waals surface area contributed by atoms with Crippen LogP contribution in [0.15, 0.2) is 30.7 Å². The van der Waals surface area contributed by atoms with Crippen molar-refractivity contribution in [1.82, 2.24) is 24.8 Å². The van der Waals surface area contributed by atoms with E-state index in [1.807, 2.05) is 12.3 Å². The van der Waals surface area contributed by atoms with Crippen molar-refractivity contribution in [2.24, 2.45) is 0 Å². The lowest BCUT2D eigenvalue weighted by molar-refractivity contribution is 0.376. The predicted molar refractivity (Wildman–Crippen MR) is 84.0 cm³/mol. The lowest BCUT2D eigenvalue weighted by atomic mass is 10.2. The van der Waals surface area contributed by atoms with Gasteiger partial charge in [-0.2, -0.15) is 0 Å². The van der Waals surface area contributed by atoms with Gasteiger partial charge in [0.2, 0.25) is 0 Å². The Labute approximate surface area is 126 Å². The van der Waals surface area contributed by atoms with Crippen LogP contribution in [0.1, 0.15) is 24.7 Å². The van der Waals surface area contributed by atoms with E-state index in [2.05, 4.69) is 46.1 Å². The molecule has 0 aromatic carbocycles. The summed E-state index contributed by atoms with van der Waals surface area (Å²) in [5.74, 6) is 1.16. The molecule has 2 aromatic heterocycles. The van der Waals surface area contributed by atoms with Gasteiger partial charge in [-0.25, -0.2) is 4.98 Å². The molecule has 0 unspecified atom stereocenters. The number of likely N-dealkylation sites (N-methyl/N-ethyl adjacent to an activating group) is 1. The molecule has 0 spiro atoms. The highest BCUT2D eigenvalue weighted by Gasteiger charge is 2.22. The highest BCUT2D eigenvalue weighted by atomic mass is 15.2. The molecule has 1 saturated heterocycles. The van der Waals surface area contributed by atoms with Crippen LogP contribution in [0.3, 0.4) is 0 Å². The summed E-state index contributed by atoms with van der Waals surface area (Å²) in [5, 5.41) is 3.55. The lowest BCUT2D eigenvalue weighted by Crippen LogP contribution is -2.22. The molecular weight excluding hydrogens is 262 g/mol. The molecular formula is C16H23N5. The van der Waals surface area contributed by atoms with E-state index in [0.29, 0.717) is 6.04 Å². The van der Waals surface area contributed by atoms with Crippen LogP contribution < -0.4 is 5.32 Å². The Morgan fingerprint density at radius 3 is 3.00 bits per heavy atom. The van der Waals surface area contributed by atoms with Crippen molar-refractivity contribution < 1.29 is 0 Å². The molecule has 0 radical (unpaired) electrons. The highest BCUT2D eigenvalue weighted by molar-refractivity contribution is 5.57. The summed E-state index contributed by atoms with van der Waals surface area (Å²) in [4.78, 5) is 11.3. The second-order valence-electron chi connectivity index (χ2n) is 5.87. The zero-order valence-corrected chi connectivity index (χ0v) is 12.8. The number of rotatable bonds is 5. The Balaban J connectivity index is 1.90. The van der Waals surface area contributed by atoms with Crippen LogP contribution in [-0.2, 0) is 6.54 Å². The summed E-state index contributed by atoms with van der Waals surface area (Å²) >= 11 is 0. The number of hydrogen-bond acceptors (Lipinski definition) is 4. The Bertz CT molecular complexity index is 570. The van der Waals surface area contributed by atoms with Crippen molar-refractivity contribution in [2.75, 3.05) is 27.2 Å². The summed E-state index contributed by atoms with van der Waals surface area (Å²) in [5.41, 5.74) is 2.10. The average molecular weight is 285 g/mol. The van der Waals surface area contributed by atoms with Gasteiger partial charge >= 0.3 is 0 Å². The van der Waals surface area contributed by atoms with Crippen molar-refractivity contribution in [2.45, 2.75) is 25.4 Å². The first kappa shape index (κ1) is 14.2. The normalized spacial score (nSPS) is 18.5. The first-order valence-electron chi connectivity index (χ1n) is 7.59. The maximum atomic E-state index is 4.88. The third kappa shape index (κ3) is 3.31. The summed E-state index contributed by atoms with van der Waals surface area (Å²) in [7, 11) is 4.21. The van der Waals surface area contributed by atoms with E-state index in [4.69, 9.17) is 4.98 Å². The molecule has 1 N–H and O–H groups in total. The first-order valence-corrected chi connectivity index (χ1v) is 7.59. The van der Waals surface area contributed by atoms with E-state index in [0.717, 1.165) is 36.7 Å². The van der Waals surface area contributed by atoms with Gasteiger partial charge in [-0.3, -0.25) is 4.98 Å². The standard InChI is InChI=1S/C16H23N5/c1-20(2)9-10-21-12-15(13-5-3-7-17-11-13)19-16(21)14-6-4-8-18-14/h3,5,7,11-12,14,18H,4,6,8-10H2,1-2H3/t14-/m0/s1. The summed E-state index contributed by atoms with van der Waals surface area (Å²) < 4.78 is 2.30. The van der Waals surface area contributed by atoms with Crippen LogP contribution in [-0.4, -0.2) is 46.6 Å². The van der Waals surface area contributed by atoms with Crippen LogP contribution in [0.5, 0.6) is 0 Å². The van der Waals surface area contributed by atoms with Gasteiger partial charge in [-0.05, 0) is 45.6 Å². The van der Waals surface area contributed by atoms with Gasteiger partial charge < -0.3 is 14.8 Å². The van der Waals surface area contributed by atoms with E-state index < -0.39 is 0 Å². The fourth-order valence-corrected chi connectivity index (χ4v) is 2.75. The number of imidazole rings is 1. The number of pyridine rings is 1. The topological polar surface area (TPSA) is 46.0 Å². The number of nitrogens with one attached hydrogen (secondary N) is 1. The van der Waals surface area contributed by atoms with Crippen LogP contribution in [0, 0.1) is 0 Å². The minimum absolute atomic E-state index is 0.387. The van der Waals surface area contributed by atoms with E-state index in [9.17, 15) is 0 Å². The number of aromatic nitrogens is 3. The van der Waals surface area contributed by atoms with Crippen LogP contribution in [0.2, 0.25) is 0 Å². The van der Waals surface area contributed by atoms with Gasteiger partial charge in [0.05, 0.1) is 11.7 Å². The SMILES string of the molecule is CN(C)CCn1cc(-c2cccnc2)nc1[C@@H]1CCCN1. The molecule has 0 bridgehead atoms. The molecule has 112 valence electrons. The smallest absolute Gasteiger partial charge is 0.126 e. The van der Waals surface area contributed by atoms with Crippen molar-refractivity contribution in [3.8, 4) is 11.3 Å². The summed E-state index contributed by atoms with van der Waals surface area (Å²) in [6, 6.07) is 4.41. The van der Waals surface area contributed by atoms with Gasteiger partial charge in [0.15, 0.2) is 0 Å².